The number of nitrogens with zero attached hydrogens (tertiary/aromatic N) is 1. The van der Waals surface area contributed by atoms with Gasteiger partial charge in [-0.2, -0.15) is 21.6 Å². The van der Waals surface area contributed by atoms with Crippen molar-refractivity contribution in [2.75, 3.05) is 13.1 Å². The van der Waals surface area contributed by atoms with Crippen molar-refractivity contribution in [3.8, 4) is 0 Å². The zero-order valence-electron chi connectivity index (χ0n) is 17.8. The molecule has 0 atom stereocenters. The van der Waals surface area contributed by atoms with Crippen molar-refractivity contribution in [1.82, 2.24) is 10.2 Å². The van der Waals surface area contributed by atoms with Gasteiger partial charge >= 0.3 is 21.7 Å². The third kappa shape index (κ3) is 8.68. The van der Waals surface area contributed by atoms with Gasteiger partial charge in [0.1, 0.15) is 11.4 Å². The summed E-state index contributed by atoms with van der Waals surface area (Å²) in [6.07, 6.45) is 3.75. The number of allylic oxidation sites excluding steroid dienone is 4. The van der Waals surface area contributed by atoms with Gasteiger partial charge in [0.05, 0.1) is 0 Å². The van der Waals surface area contributed by atoms with Gasteiger partial charge in [0.15, 0.2) is 0 Å². The molecule has 1 fully saturated rings. The highest BCUT2D eigenvalue weighted by atomic mass is 32.2. The number of hydrogen-bond acceptors (Lipinski definition) is 6. The minimum absolute atomic E-state index is 0.0127. The van der Waals surface area contributed by atoms with Gasteiger partial charge in [-0.3, -0.25) is 0 Å². The highest BCUT2D eigenvalue weighted by Gasteiger charge is 2.48. The topological polar surface area (TPSA) is 84.9 Å². The zero-order chi connectivity index (χ0) is 23.3. The number of nitrogens with one attached hydrogen (secondary N) is 1. The van der Waals surface area contributed by atoms with E-state index in [1.54, 1.807) is 33.8 Å². The van der Waals surface area contributed by atoms with Crippen molar-refractivity contribution in [1.29, 1.82) is 0 Å². The molecule has 1 aliphatic rings. The van der Waals surface area contributed by atoms with E-state index in [1.807, 2.05) is 6.92 Å². The van der Waals surface area contributed by atoms with Crippen LogP contribution in [0.2, 0.25) is 0 Å². The molecule has 172 valence electrons. The molecule has 1 heterocycles. The van der Waals surface area contributed by atoms with Crippen molar-refractivity contribution in [2.45, 2.75) is 64.6 Å². The number of carbonyl (C=O) groups is 1. The quantitative estimate of drug-likeness (QED) is 0.280. The second-order valence-electron chi connectivity index (χ2n) is 8.03. The first-order chi connectivity index (χ1) is 13.5. The average molecular weight is 455 g/mol. The standard InChI is InChI=1S/C19H29F3N2O5S/c1-13(12-15(3)29-30(26,27)19(20,21)22)11-14(2)24-9-7-16(8-10-24)23-17(25)28-18(4,5)6/h11-12,16H,3,7-10H2,1-2,4-6H3,(H,23,25)/b13-12+,14-11+. The van der Waals surface area contributed by atoms with Crippen LogP contribution in [0.25, 0.3) is 0 Å². The van der Waals surface area contributed by atoms with Crippen LogP contribution in [-0.4, -0.2) is 49.7 Å². The molecular formula is C19H29F3N2O5S. The molecule has 0 bridgehead atoms. The van der Waals surface area contributed by atoms with Crippen molar-refractivity contribution in [3.63, 3.8) is 0 Å². The Morgan fingerprint density at radius 2 is 1.67 bits per heavy atom. The number of carbonyl (C=O) groups excluding carboxylic acids is 1. The number of hydrogen-bond donors (Lipinski definition) is 1. The Morgan fingerprint density at radius 1 is 1.13 bits per heavy atom. The number of amides is 1. The lowest BCUT2D eigenvalue weighted by atomic mass is 10.0. The van der Waals surface area contributed by atoms with Crippen LogP contribution in [0.5, 0.6) is 0 Å². The molecule has 30 heavy (non-hydrogen) atoms. The van der Waals surface area contributed by atoms with Crippen LogP contribution < -0.4 is 5.32 Å². The van der Waals surface area contributed by atoms with Crippen molar-refractivity contribution in [2.24, 2.45) is 0 Å². The molecule has 1 saturated heterocycles. The van der Waals surface area contributed by atoms with Crippen LogP contribution in [0, 0.1) is 0 Å². The highest BCUT2D eigenvalue weighted by Crippen LogP contribution is 2.27. The Morgan fingerprint density at radius 3 is 2.13 bits per heavy atom. The van der Waals surface area contributed by atoms with E-state index in [9.17, 15) is 26.4 Å². The predicted molar refractivity (Wildman–Crippen MR) is 107 cm³/mol. The lowest BCUT2D eigenvalue weighted by Gasteiger charge is -2.34. The van der Waals surface area contributed by atoms with Gasteiger partial charge in [0.25, 0.3) is 0 Å². The first-order valence-corrected chi connectivity index (χ1v) is 10.7. The maximum atomic E-state index is 12.3. The zero-order valence-corrected chi connectivity index (χ0v) is 18.6. The molecule has 0 aromatic carbocycles. The summed E-state index contributed by atoms with van der Waals surface area (Å²) in [5.74, 6) is -0.630. The van der Waals surface area contributed by atoms with Gasteiger partial charge in [0, 0.05) is 24.8 Å². The molecule has 1 aliphatic heterocycles. The second kappa shape index (κ2) is 9.76. The largest absolute Gasteiger partial charge is 0.534 e. The average Bonchev–Trinajstić information content (AvgIpc) is 2.51. The first-order valence-electron chi connectivity index (χ1n) is 9.31. The maximum absolute atomic E-state index is 12.3. The number of alkyl halides is 3. The van der Waals surface area contributed by atoms with E-state index >= 15 is 0 Å². The van der Waals surface area contributed by atoms with E-state index in [0.717, 1.165) is 11.8 Å². The van der Waals surface area contributed by atoms with Gasteiger partial charge in [-0.05, 0) is 65.2 Å². The van der Waals surface area contributed by atoms with E-state index in [1.165, 1.54) is 0 Å². The Balaban J connectivity index is 2.62. The van der Waals surface area contributed by atoms with E-state index in [4.69, 9.17) is 4.74 Å². The van der Waals surface area contributed by atoms with E-state index in [0.29, 0.717) is 31.5 Å². The number of likely N-dealkylation sites (tertiary alicyclic amines) is 1. The number of alkyl carbamates (subject to hydrolysis) is 1. The highest BCUT2D eigenvalue weighted by molar-refractivity contribution is 7.87. The number of rotatable bonds is 6. The van der Waals surface area contributed by atoms with Crippen molar-refractivity contribution >= 4 is 16.2 Å². The Bertz CT molecular complexity index is 803. The molecule has 0 aromatic rings. The summed E-state index contributed by atoms with van der Waals surface area (Å²) in [6, 6.07) is -0.0127. The lowest BCUT2D eigenvalue weighted by Crippen LogP contribution is -2.45. The predicted octanol–water partition coefficient (Wildman–Crippen LogP) is 4.21. The second-order valence-corrected chi connectivity index (χ2v) is 9.57. The maximum Gasteiger partial charge on any atom is 0.534 e. The summed E-state index contributed by atoms with van der Waals surface area (Å²) in [6.45, 7) is 13.3. The third-order valence-electron chi connectivity index (χ3n) is 4.04. The minimum atomic E-state index is -5.74. The first kappa shape index (κ1) is 25.9. The fraction of sp³-hybridized carbons (Fsp3) is 0.632. The summed E-state index contributed by atoms with van der Waals surface area (Å²) in [4.78, 5) is 13.9. The van der Waals surface area contributed by atoms with Gasteiger partial charge < -0.3 is 19.1 Å². The van der Waals surface area contributed by atoms with Gasteiger partial charge in [-0.15, -0.1) is 0 Å². The summed E-state index contributed by atoms with van der Waals surface area (Å²) < 4.78 is 68.3. The molecule has 0 aromatic heterocycles. The smallest absolute Gasteiger partial charge is 0.444 e. The summed E-state index contributed by atoms with van der Waals surface area (Å²) in [5, 5.41) is 2.84. The fourth-order valence-electron chi connectivity index (χ4n) is 2.78. The number of ether oxygens (including phenoxy) is 1. The van der Waals surface area contributed by atoms with E-state index in [-0.39, 0.29) is 6.04 Å². The Labute approximate surface area is 175 Å². The Hall–Kier alpha value is -2.17. The summed E-state index contributed by atoms with van der Waals surface area (Å²) in [5.41, 5.74) is -4.77. The van der Waals surface area contributed by atoms with Crippen LogP contribution in [-0.2, 0) is 19.0 Å². The van der Waals surface area contributed by atoms with Crippen LogP contribution in [0.1, 0.15) is 47.5 Å². The number of piperidine rings is 1. The molecule has 7 nitrogen and oxygen atoms in total. The molecule has 0 radical (unpaired) electrons. The van der Waals surface area contributed by atoms with E-state index < -0.39 is 33.1 Å². The van der Waals surface area contributed by atoms with Gasteiger partial charge in [-0.25, -0.2) is 4.79 Å². The fourth-order valence-corrected chi connectivity index (χ4v) is 3.20. The molecule has 0 spiro atoms. The van der Waals surface area contributed by atoms with Crippen molar-refractivity contribution in [3.05, 3.63) is 35.8 Å². The molecule has 0 aliphatic carbocycles. The van der Waals surface area contributed by atoms with Crippen LogP contribution in [0.4, 0.5) is 18.0 Å². The molecule has 0 unspecified atom stereocenters. The van der Waals surface area contributed by atoms with Crippen LogP contribution in [0.3, 0.4) is 0 Å². The lowest BCUT2D eigenvalue weighted by molar-refractivity contribution is -0.0519. The molecule has 11 heteroatoms. The Kier molecular flexibility index (Phi) is 8.41. The van der Waals surface area contributed by atoms with Crippen molar-refractivity contribution < 1.29 is 35.3 Å². The molecule has 1 N–H and O–H groups in total. The summed E-state index contributed by atoms with van der Waals surface area (Å²) >= 11 is 0. The van der Waals surface area contributed by atoms with E-state index in [2.05, 4.69) is 21.0 Å². The SMILES string of the molecule is C=C(/C=C(C)/C=C(\C)N1CCC(NC(=O)OC(C)(C)C)CC1)OS(=O)(=O)C(F)(F)F. The molecule has 1 rings (SSSR count). The normalized spacial score (nSPS) is 17.5. The van der Waals surface area contributed by atoms with Gasteiger partial charge in [-0.1, -0.05) is 6.58 Å². The number of halogens is 3. The molecule has 0 saturated carbocycles. The molecule has 1 amide bonds. The van der Waals surface area contributed by atoms with Crippen LogP contribution in [0.15, 0.2) is 35.8 Å². The molecular weight excluding hydrogens is 425 g/mol. The monoisotopic (exact) mass is 454 g/mol. The van der Waals surface area contributed by atoms with Gasteiger partial charge in [0.2, 0.25) is 0 Å². The summed E-state index contributed by atoms with van der Waals surface area (Å²) in [7, 11) is -5.74. The third-order valence-corrected chi connectivity index (χ3v) is 5.04. The van der Waals surface area contributed by atoms with Crippen LogP contribution >= 0.6 is 0 Å². The minimum Gasteiger partial charge on any atom is -0.444 e.